The van der Waals surface area contributed by atoms with E-state index >= 15 is 0 Å². The summed E-state index contributed by atoms with van der Waals surface area (Å²) in [6, 6.07) is 4.01. The molecule has 2 amide bonds. The first-order chi connectivity index (χ1) is 14.5. The van der Waals surface area contributed by atoms with Crippen LogP contribution in [0, 0.1) is 24.7 Å². The average Bonchev–Trinajstić information content (AvgIpc) is 3.18. The highest BCUT2D eigenvalue weighted by Crippen LogP contribution is 2.30. The molecule has 171 valence electrons. The molecule has 0 unspecified atom stereocenters. The molecule has 3 rings (SSSR count). The van der Waals surface area contributed by atoms with Crippen LogP contribution in [0.4, 0.5) is 5.69 Å². The van der Waals surface area contributed by atoms with E-state index in [0.717, 1.165) is 55.8 Å². The highest BCUT2D eigenvalue weighted by molar-refractivity contribution is 6.31. The van der Waals surface area contributed by atoms with Crippen molar-refractivity contribution in [1.29, 1.82) is 0 Å². The van der Waals surface area contributed by atoms with Crippen LogP contribution in [0.15, 0.2) is 12.1 Å². The highest BCUT2D eigenvalue weighted by Gasteiger charge is 2.33. The molecular formula is C25H37ClN3O2. The van der Waals surface area contributed by atoms with Gasteiger partial charge in [-0.15, -0.1) is 0 Å². The zero-order valence-electron chi connectivity index (χ0n) is 19.6. The van der Waals surface area contributed by atoms with E-state index in [9.17, 15) is 9.59 Å². The third-order valence-corrected chi connectivity index (χ3v) is 6.61. The second-order valence-electron chi connectivity index (χ2n) is 10.3. The van der Waals surface area contributed by atoms with E-state index in [1.165, 1.54) is 12.8 Å². The lowest BCUT2D eigenvalue weighted by Gasteiger charge is -2.41. The monoisotopic (exact) mass is 446 g/mol. The Morgan fingerprint density at radius 3 is 2.48 bits per heavy atom. The molecule has 1 aliphatic heterocycles. The Hall–Kier alpha value is -1.59. The maximum absolute atomic E-state index is 12.9. The van der Waals surface area contributed by atoms with Crippen LogP contribution in [0.3, 0.4) is 0 Å². The third kappa shape index (κ3) is 6.45. The Labute approximate surface area is 192 Å². The molecule has 2 fully saturated rings. The van der Waals surface area contributed by atoms with Gasteiger partial charge in [0.05, 0.1) is 6.42 Å². The summed E-state index contributed by atoms with van der Waals surface area (Å²) in [5.41, 5.74) is 2.72. The van der Waals surface area contributed by atoms with Crippen LogP contribution in [-0.4, -0.2) is 47.3 Å². The SMILES string of the molecule is Cc1c(CN2CCN(C(=O)C3CCCC3)[C@@H](C)C2)cc(Cl)cc1NC(=O)[CH]C(C)(C)C. The van der Waals surface area contributed by atoms with Crippen molar-refractivity contribution in [3.05, 3.63) is 34.7 Å². The lowest BCUT2D eigenvalue weighted by molar-refractivity contribution is -0.140. The summed E-state index contributed by atoms with van der Waals surface area (Å²) in [6.45, 7) is 13.4. The molecule has 31 heavy (non-hydrogen) atoms. The summed E-state index contributed by atoms with van der Waals surface area (Å²) in [5.74, 6) is 0.473. The van der Waals surface area contributed by atoms with Crippen LogP contribution >= 0.6 is 11.6 Å². The van der Waals surface area contributed by atoms with Gasteiger partial charge in [0.25, 0.3) is 0 Å². The van der Waals surface area contributed by atoms with E-state index < -0.39 is 0 Å². The lowest BCUT2D eigenvalue weighted by atomic mass is 9.92. The van der Waals surface area contributed by atoms with E-state index in [1.54, 1.807) is 6.42 Å². The largest absolute Gasteiger partial charge is 0.337 e. The minimum Gasteiger partial charge on any atom is -0.337 e. The normalized spacial score (nSPS) is 20.8. The van der Waals surface area contributed by atoms with Crippen molar-refractivity contribution in [2.45, 2.75) is 72.9 Å². The minimum absolute atomic E-state index is 0.114. The van der Waals surface area contributed by atoms with E-state index in [-0.39, 0.29) is 23.3 Å². The van der Waals surface area contributed by atoms with E-state index in [4.69, 9.17) is 11.6 Å². The van der Waals surface area contributed by atoms with E-state index in [1.807, 2.05) is 39.8 Å². The second kappa shape index (κ2) is 9.91. The number of anilines is 1. The summed E-state index contributed by atoms with van der Waals surface area (Å²) < 4.78 is 0. The number of nitrogens with zero attached hydrogens (tertiary/aromatic N) is 2. The first-order valence-corrected chi connectivity index (χ1v) is 11.9. The van der Waals surface area contributed by atoms with Gasteiger partial charge in [-0.05, 0) is 55.4 Å². The van der Waals surface area contributed by atoms with Crippen LogP contribution in [0.25, 0.3) is 0 Å². The fraction of sp³-hybridized carbons (Fsp3) is 0.640. The predicted octanol–water partition coefficient (Wildman–Crippen LogP) is 5.06. The molecule has 1 saturated carbocycles. The Balaban J connectivity index is 1.64. The van der Waals surface area contributed by atoms with Crippen molar-refractivity contribution >= 4 is 29.1 Å². The van der Waals surface area contributed by atoms with Gasteiger partial charge < -0.3 is 10.2 Å². The number of carbonyl (C=O) groups is 2. The van der Waals surface area contributed by atoms with Crippen LogP contribution in [0.2, 0.25) is 5.02 Å². The Kier molecular flexibility index (Phi) is 7.69. The van der Waals surface area contributed by atoms with Gasteiger partial charge in [-0.3, -0.25) is 14.5 Å². The van der Waals surface area contributed by atoms with Crippen LogP contribution in [0.5, 0.6) is 0 Å². The zero-order chi connectivity index (χ0) is 22.8. The Bertz CT molecular complexity index is 812. The van der Waals surface area contributed by atoms with Gasteiger partial charge in [0.2, 0.25) is 11.8 Å². The molecule has 1 aliphatic carbocycles. The molecule has 1 aromatic carbocycles. The number of piperazine rings is 1. The van der Waals surface area contributed by atoms with Gasteiger partial charge in [0.15, 0.2) is 0 Å². The smallest absolute Gasteiger partial charge is 0.228 e. The molecule has 6 heteroatoms. The molecule has 1 heterocycles. The number of amides is 2. The van der Waals surface area contributed by atoms with E-state index in [2.05, 4.69) is 22.0 Å². The van der Waals surface area contributed by atoms with Crippen LogP contribution in [0.1, 0.15) is 64.5 Å². The summed E-state index contributed by atoms with van der Waals surface area (Å²) in [4.78, 5) is 29.7. The first kappa shape index (κ1) is 24.1. The molecule has 1 N–H and O–H groups in total. The zero-order valence-corrected chi connectivity index (χ0v) is 20.4. The number of rotatable bonds is 5. The van der Waals surface area contributed by atoms with Gasteiger partial charge in [-0.1, -0.05) is 45.2 Å². The number of hydrogen-bond acceptors (Lipinski definition) is 3. The maximum atomic E-state index is 12.9. The van der Waals surface area contributed by atoms with Crippen molar-refractivity contribution in [3.63, 3.8) is 0 Å². The molecular weight excluding hydrogens is 410 g/mol. The summed E-state index contributed by atoms with van der Waals surface area (Å²) in [6.07, 6.45) is 6.16. The first-order valence-electron chi connectivity index (χ1n) is 11.5. The molecule has 1 aromatic rings. The summed E-state index contributed by atoms with van der Waals surface area (Å²) >= 11 is 6.39. The number of benzene rings is 1. The third-order valence-electron chi connectivity index (χ3n) is 6.40. The molecule has 1 radical (unpaired) electrons. The number of carbonyl (C=O) groups excluding carboxylic acids is 2. The molecule has 1 saturated heterocycles. The van der Waals surface area contributed by atoms with Crippen LogP contribution in [-0.2, 0) is 16.1 Å². The number of nitrogens with one attached hydrogen (secondary N) is 1. The quantitative estimate of drug-likeness (QED) is 0.687. The highest BCUT2D eigenvalue weighted by atomic mass is 35.5. The fourth-order valence-electron chi connectivity index (χ4n) is 4.74. The molecule has 0 bridgehead atoms. The van der Waals surface area contributed by atoms with Gasteiger partial charge in [-0.2, -0.15) is 0 Å². The summed E-state index contributed by atoms with van der Waals surface area (Å²) in [5, 5.41) is 3.62. The Morgan fingerprint density at radius 1 is 1.19 bits per heavy atom. The van der Waals surface area contributed by atoms with Crippen molar-refractivity contribution < 1.29 is 9.59 Å². The van der Waals surface area contributed by atoms with Crippen molar-refractivity contribution in [2.75, 3.05) is 25.0 Å². The van der Waals surface area contributed by atoms with Gasteiger partial charge in [0.1, 0.15) is 0 Å². The maximum Gasteiger partial charge on any atom is 0.228 e. The lowest BCUT2D eigenvalue weighted by Crippen LogP contribution is -2.54. The van der Waals surface area contributed by atoms with Gasteiger partial charge >= 0.3 is 0 Å². The minimum atomic E-state index is -0.189. The van der Waals surface area contributed by atoms with Crippen molar-refractivity contribution in [2.24, 2.45) is 11.3 Å². The summed E-state index contributed by atoms with van der Waals surface area (Å²) in [7, 11) is 0. The van der Waals surface area contributed by atoms with Crippen LogP contribution < -0.4 is 5.32 Å². The molecule has 1 atom stereocenters. The molecule has 5 nitrogen and oxygen atoms in total. The molecule has 2 aliphatic rings. The predicted molar refractivity (Wildman–Crippen MR) is 127 cm³/mol. The van der Waals surface area contributed by atoms with Crippen molar-refractivity contribution in [3.8, 4) is 0 Å². The van der Waals surface area contributed by atoms with Gasteiger partial charge in [-0.25, -0.2) is 0 Å². The topological polar surface area (TPSA) is 52.6 Å². The van der Waals surface area contributed by atoms with E-state index in [0.29, 0.717) is 10.9 Å². The average molecular weight is 447 g/mol. The van der Waals surface area contributed by atoms with Gasteiger partial charge in [0, 0.05) is 48.8 Å². The Morgan fingerprint density at radius 2 is 1.87 bits per heavy atom. The second-order valence-corrected chi connectivity index (χ2v) is 10.8. The standard InChI is InChI=1S/C25H37ClN3O2/c1-17-15-28(10-11-29(17)24(31)19-8-6-7-9-19)16-20-12-21(26)13-22(18(20)2)27-23(30)14-25(3,4)5/h12-14,17,19H,6-11,15-16H2,1-5H3,(H,27,30)/t17-/m0/s1. The number of hydrogen-bond donors (Lipinski definition) is 1. The molecule has 0 spiro atoms. The fourth-order valence-corrected chi connectivity index (χ4v) is 4.98. The number of halogens is 1. The molecule has 0 aromatic heterocycles. The van der Waals surface area contributed by atoms with Crippen molar-refractivity contribution in [1.82, 2.24) is 9.80 Å².